The number of carbonyl (C=O) groups excluding carboxylic acids is 1. The van der Waals surface area contributed by atoms with Crippen molar-refractivity contribution in [2.75, 3.05) is 46.8 Å². The van der Waals surface area contributed by atoms with Crippen LogP contribution in [0.3, 0.4) is 0 Å². The molecule has 156 valence electrons. The highest BCUT2D eigenvalue weighted by atomic mass is 19.1. The quantitative estimate of drug-likeness (QED) is 0.695. The first-order chi connectivity index (χ1) is 13.9. The number of halogens is 1. The van der Waals surface area contributed by atoms with Crippen molar-refractivity contribution < 1.29 is 23.4 Å². The Balaban J connectivity index is 1.77. The maximum Gasteiger partial charge on any atom is 0.228 e. The Kier molecular flexibility index (Phi) is 6.59. The molecule has 2 unspecified atom stereocenters. The van der Waals surface area contributed by atoms with Crippen LogP contribution in [0.5, 0.6) is 17.2 Å². The Morgan fingerprint density at radius 2 is 1.83 bits per heavy atom. The van der Waals surface area contributed by atoms with Crippen molar-refractivity contribution in [3.05, 3.63) is 47.8 Å². The highest BCUT2D eigenvalue weighted by Gasteiger charge is 2.46. The predicted molar refractivity (Wildman–Crippen MR) is 109 cm³/mol. The monoisotopic (exact) mass is 402 g/mol. The number of hydrogen-bond acceptors (Lipinski definition) is 5. The molecule has 2 aromatic rings. The predicted octanol–water partition coefficient (Wildman–Crippen LogP) is 3.53. The summed E-state index contributed by atoms with van der Waals surface area (Å²) in [6.07, 6.45) is 0.715. The molecule has 0 aliphatic heterocycles. The van der Waals surface area contributed by atoms with Gasteiger partial charge >= 0.3 is 0 Å². The van der Waals surface area contributed by atoms with Gasteiger partial charge in [-0.05, 0) is 50.8 Å². The van der Waals surface area contributed by atoms with Gasteiger partial charge in [0.2, 0.25) is 11.7 Å². The largest absolute Gasteiger partial charge is 0.493 e. The number of nitrogens with zero attached hydrogens (tertiary/aromatic N) is 1. The molecule has 3 rings (SSSR count). The molecule has 7 heteroatoms. The van der Waals surface area contributed by atoms with E-state index in [-0.39, 0.29) is 23.6 Å². The summed E-state index contributed by atoms with van der Waals surface area (Å²) in [6, 6.07) is 9.52. The first-order valence-electron chi connectivity index (χ1n) is 9.53. The molecule has 1 aliphatic rings. The molecule has 1 amide bonds. The molecule has 2 atom stereocenters. The van der Waals surface area contributed by atoms with Crippen LogP contribution in [0.4, 0.5) is 10.1 Å². The van der Waals surface area contributed by atoms with Crippen molar-refractivity contribution >= 4 is 11.6 Å². The second-order valence-electron chi connectivity index (χ2n) is 7.32. The molecule has 0 heterocycles. The van der Waals surface area contributed by atoms with E-state index in [2.05, 4.69) is 5.32 Å². The van der Waals surface area contributed by atoms with E-state index in [1.807, 2.05) is 31.1 Å². The lowest BCUT2D eigenvalue weighted by Crippen LogP contribution is -2.20. The number of rotatable bonds is 9. The summed E-state index contributed by atoms with van der Waals surface area (Å²) in [4.78, 5) is 14.7. The lowest BCUT2D eigenvalue weighted by Gasteiger charge is -2.19. The van der Waals surface area contributed by atoms with E-state index in [1.165, 1.54) is 12.1 Å². The fourth-order valence-corrected chi connectivity index (χ4v) is 3.28. The number of methoxy groups -OCH3 is 2. The molecular weight excluding hydrogens is 375 g/mol. The van der Waals surface area contributed by atoms with Crippen molar-refractivity contribution in [1.82, 2.24) is 4.90 Å². The molecule has 1 fully saturated rings. The third-order valence-electron chi connectivity index (χ3n) is 4.95. The zero-order chi connectivity index (χ0) is 21.0. The maximum absolute atomic E-state index is 13.1. The smallest absolute Gasteiger partial charge is 0.228 e. The molecule has 2 aromatic carbocycles. The Hall–Kier alpha value is -2.80. The summed E-state index contributed by atoms with van der Waals surface area (Å²) in [7, 11) is 7.11. The Labute approximate surface area is 170 Å². The van der Waals surface area contributed by atoms with Gasteiger partial charge in [-0.3, -0.25) is 4.79 Å². The molecule has 0 radical (unpaired) electrons. The van der Waals surface area contributed by atoms with E-state index in [4.69, 9.17) is 14.2 Å². The van der Waals surface area contributed by atoms with Crippen LogP contribution < -0.4 is 19.5 Å². The fourth-order valence-electron chi connectivity index (χ4n) is 3.28. The number of hydrogen-bond donors (Lipinski definition) is 1. The molecule has 1 aliphatic carbocycles. The molecular formula is C22H27FN2O4. The minimum Gasteiger partial charge on any atom is -0.493 e. The zero-order valence-corrected chi connectivity index (χ0v) is 17.2. The Morgan fingerprint density at radius 3 is 2.45 bits per heavy atom. The number of amides is 1. The van der Waals surface area contributed by atoms with Gasteiger partial charge in [-0.1, -0.05) is 6.07 Å². The van der Waals surface area contributed by atoms with Crippen LogP contribution in [0.25, 0.3) is 0 Å². The molecule has 0 bridgehead atoms. The van der Waals surface area contributed by atoms with Gasteiger partial charge in [0.15, 0.2) is 11.5 Å². The van der Waals surface area contributed by atoms with Crippen LogP contribution in [-0.2, 0) is 4.79 Å². The van der Waals surface area contributed by atoms with Crippen LogP contribution in [0, 0.1) is 11.7 Å². The first kappa shape index (κ1) is 20.9. The van der Waals surface area contributed by atoms with Crippen molar-refractivity contribution in [1.29, 1.82) is 0 Å². The molecule has 6 nitrogen and oxygen atoms in total. The van der Waals surface area contributed by atoms with Gasteiger partial charge in [0.1, 0.15) is 12.4 Å². The summed E-state index contributed by atoms with van der Waals surface area (Å²) in [6.45, 7) is 1.24. The average molecular weight is 402 g/mol. The van der Waals surface area contributed by atoms with Gasteiger partial charge in [0.05, 0.1) is 14.2 Å². The van der Waals surface area contributed by atoms with E-state index in [0.717, 1.165) is 12.1 Å². The number of carbonyl (C=O) groups is 1. The number of benzene rings is 2. The second kappa shape index (κ2) is 9.13. The number of nitrogens with one attached hydrogen (secondary N) is 1. The van der Waals surface area contributed by atoms with E-state index in [0.29, 0.717) is 36.0 Å². The molecule has 1 N–H and O–H groups in total. The van der Waals surface area contributed by atoms with Gasteiger partial charge in [-0.25, -0.2) is 4.39 Å². The van der Waals surface area contributed by atoms with Gasteiger partial charge < -0.3 is 24.4 Å². The molecule has 1 saturated carbocycles. The van der Waals surface area contributed by atoms with Gasteiger partial charge in [-0.15, -0.1) is 0 Å². The number of likely N-dealkylation sites (N-methyl/N-ethyl adjacent to an activating group) is 1. The second-order valence-corrected chi connectivity index (χ2v) is 7.32. The lowest BCUT2D eigenvalue weighted by atomic mass is 10.1. The highest BCUT2D eigenvalue weighted by Crippen LogP contribution is 2.54. The third-order valence-corrected chi connectivity index (χ3v) is 4.95. The van der Waals surface area contributed by atoms with Crippen LogP contribution in [0.15, 0.2) is 36.4 Å². The minimum absolute atomic E-state index is 0.0320. The average Bonchev–Trinajstić information content (AvgIpc) is 3.49. The number of anilines is 1. The summed E-state index contributed by atoms with van der Waals surface area (Å²) in [5.74, 6) is 1.18. The molecule has 0 aromatic heterocycles. The molecule has 0 spiro atoms. The minimum atomic E-state index is -0.336. The standard InChI is InChI=1S/C22H27FN2O4/c1-25(2)11-12-29-20-16(9-10-19(27-3)21(20)28-4)17-13-18(17)22(26)24-15-7-5-14(23)6-8-15/h5-10,17-18H,11-13H2,1-4H3,(H,24,26). The number of ether oxygens (including phenoxy) is 3. The van der Waals surface area contributed by atoms with Crippen molar-refractivity contribution in [2.24, 2.45) is 5.92 Å². The first-order valence-corrected chi connectivity index (χ1v) is 9.53. The third kappa shape index (κ3) is 4.98. The van der Waals surface area contributed by atoms with Gasteiger partial charge in [0, 0.05) is 29.6 Å². The highest BCUT2D eigenvalue weighted by molar-refractivity contribution is 5.95. The summed E-state index contributed by atoms with van der Waals surface area (Å²) in [5, 5.41) is 2.85. The van der Waals surface area contributed by atoms with Crippen molar-refractivity contribution in [3.8, 4) is 17.2 Å². The van der Waals surface area contributed by atoms with Crippen LogP contribution in [0.2, 0.25) is 0 Å². The topological polar surface area (TPSA) is 60.0 Å². The lowest BCUT2D eigenvalue weighted by molar-refractivity contribution is -0.117. The van der Waals surface area contributed by atoms with E-state index in [1.54, 1.807) is 26.4 Å². The zero-order valence-electron chi connectivity index (χ0n) is 17.2. The summed E-state index contributed by atoms with van der Waals surface area (Å²) < 4.78 is 30.1. The van der Waals surface area contributed by atoms with Crippen LogP contribution in [0.1, 0.15) is 17.9 Å². The van der Waals surface area contributed by atoms with Gasteiger partial charge in [0.25, 0.3) is 0 Å². The maximum atomic E-state index is 13.1. The van der Waals surface area contributed by atoms with E-state index < -0.39 is 0 Å². The van der Waals surface area contributed by atoms with E-state index >= 15 is 0 Å². The fraction of sp³-hybridized carbons (Fsp3) is 0.409. The van der Waals surface area contributed by atoms with Crippen LogP contribution in [-0.4, -0.2) is 52.3 Å². The normalized spacial score (nSPS) is 17.7. The Morgan fingerprint density at radius 1 is 1.10 bits per heavy atom. The Bertz CT molecular complexity index is 855. The van der Waals surface area contributed by atoms with Gasteiger partial charge in [-0.2, -0.15) is 0 Å². The summed E-state index contributed by atoms with van der Waals surface area (Å²) in [5.41, 5.74) is 1.51. The molecule has 29 heavy (non-hydrogen) atoms. The summed E-state index contributed by atoms with van der Waals surface area (Å²) >= 11 is 0. The van der Waals surface area contributed by atoms with Crippen molar-refractivity contribution in [3.63, 3.8) is 0 Å². The van der Waals surface area contributed by atoms with Crippen LogP contribution >= 0.6 is 0 Å². The SMILES string of the molecule is COc1ccc(C2CC2C(=O)Nc2ccc(F)cc2)c(OCCN(C)C)c1OC. The van der Waals surface area contributed by atoms with E-state index in [9.17, 15) is 9.18 Å². The molecule has 0 saturated heterocycles. The van der Waals surface area contributed by atoms with Crippen molar-refractivity contribution in [2.45, 2.75) is 12.3 Å².